The Kier molecular flexibility index (Phi) is 5.70. The second-order valence-corrected chi connectivity index (χ2v) is 4.81. The summed E-state index contributed by atoms with van der Waals surface area (Å²) in [5.74, 6) is 1.39. The van der Waals surface area contributed by atoms with Crippen LogP contribution in [-0.4, -0.2) is 41.6 Å². The van der Waals surface area contributed by atoms with Crippen molar-refractivity contribution in [3.63, 3.8) is 0 Å². The number of hydrogen-bond acceptors (Lipinski definition) is 4. The molecule has 0 fully saturated rings. The minimum Gasteiger partial charge on any atom is -0.383 e. The maximum atomic E-state index is 5.07. The summed E-state index contributed by atoms with van der Waals surface area (Å²) < 4.78 is 6.90. The fourth-order valence-corrected chi connectivity index (χ4v) is 2.21. The lowest BCUT2D eigenvalue weighted by Gasteiger charge is -2.17. The summed E-state index contributed by atoms with van der Waals surface area (Å²) in [5, 5.41) is 7.57. The molecular weight excluding hydrogens is 252 g/mol. The van der Waals surface area contributed by atoms with Crippen molar-refractivity contribution in [3.05, 3.63) is 48.0 Å². The van der Waals surface area contributed by atoms with Crippen LogP contribution in [0.25, 0.3) is 0 Å². The van der Waals surface area contributed by atoms with E-state index in [1.54, 1.807) is 13.4 Å². The van der Waals surface area contributed by atoms with Gasteiger partial charge in [-0.2, -0.15) is 5.10 Å². The molecule has 0 aliphatic rings. The molecule has 0 aliphatic carbocycles. The average molecular weight is 274 g/mol. The van der Waals surface area contributed by atoms with E-state index in [2.05, 4.69) is 39.7 Å². The van der Waals surface area contributed by atoms with E-state index in [0.29, 0.717) is 5.92 Å². The Hall–Kier alpha value is -1.72. The molecule has 1 atom stereocenters. The van der Waals surface area contributed by atoms with Gasteiger partial charge in [0.25, 0.3) is 0 Å². The van der Waals surface area contributed by atoms with Crippen molar-refractivity contribution >= 4 is 0 Å². The number of methoxy groups -OCH3 is 1. The monoisotopic (exact) mass is 274 g/mol. The molecule has 0 amide bonds. The summed E-state index contributed by atoms with van der Waals surface area (Å²) in [5.41, 5.74) is 1.32. The van der Waals surface area contributed by atoms with Crippen LogP contribution >= 0.6 is 0 Å². The summed E-state index contributed by atoms with van der Waals surface area (Å²) in [4.78, 5) is 4.32. The number of aryl methyl sites for hydroxylation is 1. The van der Waals surface area contributed by atoms with Crippen LogP contribution < -0.4 is 5.32 Å². The Morgan fingerprint density at radius 3 is 2.75 bits per heavy atom. The van der Waals surface area contributed by atoms with Gasteiger partial charge < -0.3 is 10.1 Å². The highest BCUT2D eigenvalue weighted by Crippen LogP contribution is 2.18. The highest BCUT2D eigenvalue weighted by atomic mass is 16.5. The normalized spacial score (nSPS) is 12.5. The molecule has 108 valence electrons. The van der Waals surface area contributed by atoms with E-state index in [9.17, 15) is 0 Å². The molecule has 5 heteroatoms. The first kappa shape index (κ1) is 14.7. The first-order chi connectivity index (χ1) is 9.81. The van der Waals surface area contributed by atoms with Crippen LogP contribution in [0.4, 0.5) is 0 Å². The maximum absolute atomic E-state index is 5.07. The van der Waals surface area contributed by atoms with E-state index < -0.39 is 0 Å². The van der Waals surface area contributed by atoms with E-state index in [4.69, 9.17) is 4.74 Å². The van der Waals surface area contributed by atoms with Gasteiger partial charge in [-0.1, -0.05) is 30.3 Å². The van der Waals surface area contributed by atoms with Crippen LogP contribution in [-0.2, 0) is 18.2 Å². The number of nitrogens with one attached hydrogen (secondary N) is 1. The van der Waals surface area contributed by atoms with Gasteiger partial charge in [-0.05, 0) is 5.56 Å². The minimum absolute atomic E-state index is 0.385. The lowest BCUT2D eigenvalue weighted by Crippen LogP contribution is -2.26. The summed E-state index contributed by atoms with van der Waals surface area (Å²) >= 11 is 0. The lowest BCUT2D eigenvalue weighted by molar-refractivity contribution is 0.199. The molecule has 1 heterocycles. The molecule has 0 radical (unpaired) electrons. The molecule has 2 aromatic rings. The predicted octanol–water partition coefficient (Wildman–Crippen LogP) is 1.38. The van der Waals surface area contributed by atoms with Crippen molar-refractivity contribution in [2.24, 2.45) is 7.05 Å². The van der Waals surface area contributed by atoms with Crippen LogP contribution in [0.3, 0.4) is 0 Å². The second-order valence-electron chi connectivity index (χ2n) is 4.81. The van der Waals surface area contributed by atoms with Gasteiger partial charge in [0.15, 0.2) is 0 Å². The molecule has 0 aliphatic heterocycles. The zero-order chi connectivity index (χ0) is 14.2. The molecule has 1 aromatic carbocycles. The number of rotatable bonds is 8. The lowest BCUT2D eigenvalue weighted by atomic mass is 9.95. The number of ether oxygens (including phenoxy) is 1. The summed E-state index contributed by atoms with van der Waals surface area (Å²) in [6.45, 7) is 2.49. The van der Waals surface area contributed by atoms with Crippen LogP contribution in [0.15, 0.2) is 36.7 Å². The molecule has 0 spiro atoms. The van der Waals surface area contributed by atoms with Crippen molar-refractivity contribution in [2.75, 3.05) is 26.8 Å². The van der Waals surface area contributed by atoms with Crippen LogP contribution in [0.2, 0.25) is 0 Å². The average Bonchev–Trinajstić information content (AvgIpc) is 2.88. The van der Waals surface area contributed by atoms with Crippen molar-refractivity contribution in [1.29, 1.82) is 0 Å². The van der Waals surface area contributed by atoms with E-state index in [1.807, 2.05) is 17.8 Å². The Balaban J connectivity index is 2.02. The van der Waals surface area contributed by atoms with Gasteiger partial charge in [0.2, 0.25) is 0 Å². The molecule has 5 nitrogen and oxygen atoms in total. The first-order valence-corrected chi connectivity index (χ1v) is 6.88. The van der Waals surface area contributed by atoms with Gasteiger partial charge in [0, 0.05) is 39.6 Å². The standard InChI is InChI=1S/C15H22N4O/c1-19-15(17-12-18-19)10-14(11-16-8-9-20-2)13-6-4-3-5-7-13/h3-7,12,14,16H,8-11H2,1-2H3. The van der Waals surface area contributed by atoms with Crippen molar-refractivity contribution < 1.29 is 4.74 Å². The van der Waals surface area contributed by atoms with Gasteiger partial charge in [0.05, 0.1) is 6.61 Å². The van der Waals surface area contributed by atoms with E-state index in [1.165, 1.54) is 5.56 Å². The highest BCUT2D eigenvalue weighted by molar-refractivity contribution is 5.21. The highest BCUT2D eigenvalue weighted by Gasteiger charge is 2.14. The molecule has 20 heavy (non-hydrogen) atoms. The topological polar surface area (TPSA) is 52.0 Å². The number of hydrogen-bond donors (Lipinski definition) is 1. The summed E-state index contributed by atoms with van der Waals surface area (Å²) in [6.07, 6.45) is 2.48. The molecular formula is C15H22N4O. The third-order valence-electron chi connectivity index (χ3n) is 3.38. The number of benzene rings is 1. The van der Waals surface area contributed by atoms with E-state index in [0.717, 1.165) is 31.9 Å². The van der Waals surface area contributed by atoms with E-state index >= 15 is 0 Å². The van der Waals surface area contributed by atoms with Gasteiger partial charge in [0.1, 0.15) is 12.2 Å². The van der Waals surface area contributed by atoms with Gasteiger partial charge in [-0.25, -0.2) is 4.98 Å². The van der Waals surface area contributed by atoms with Crippen LogP contribution in [0, 0.1) is 0 Å². The minimum atomic E-state index is 0.385. The molecule has 1 aromatic heterocycles. The molecule has 1 N–H and O–H groups in total. The summed E-state index contributed by atoms with van der Waals surface area (Å²) in [6, 6.07) is 10.5. The van der Waals surface area contributed by atoms with Crippen LogP contribution in [0.1, 0.15) is 17.3 Å². The Bertz CT molecular complexity index is 498. The molecule has 2 rings (SSSR count). The smallest absolute Gasteiger partial charge is 0.138 e. The Labute approximate surface area is 120 Å². The van der Waals surface area contributed by atoms with Gasteiger partial charge in [-0.3, -0.25) is 4.68 Å². The molecule has 0 saturated heterocycles. The fourth-order valence-electron chi connectivity index (χ4n) is 2.21. The molecule has 0 saturated carbocycles. The van der Waals surface area contributed by atoms with E-state index in [-0.39, 0.29) is 0 Å². The quantitative estimate of drug-likeness (QED) is 0.739. The first-order valence-electron chi connectivity index (χ1n) is 6.88. The third kappa shape index (κ3) is 4.15. The predicted molar refractivity (Wildman–Crippen MR) is 78.6 cm³/mol. The third-order valence-corrected chi connectivity index (χ3v) is 3.38. The van der Waals surface area contributed by atoms with Crippen LogP contribution in [0.5, 0.6) is 0 Å². The maximum Gasteiger partial charge on any atom is 0.138 e. The number of nitrogens with zero attached hydrogens (tertiary/aromatic N) is 3. The summed E-state index contributed by atoms with van der Waals surface area (Å²) in [7, 11) is 3.65. The second kappa shape index (κ2) is 7.77. The fraction of sp³-hybridized carbons (Fsp3) is 0.467. The zero-order valence-electron chi connectivity index (χ0n) is 12.1. The largest absolute Gasteiger partial charge is 0.383 e. The number of aromatic nitrogens is 3. The van der Waals surface area contributed by atoms with Crippen molar-refractivity contribution in [1.82, 2.24) is 20.1 Å². The van der Waals surface area contributed by atoms with Crippen molar-refractivity contribution in [2.45, 2.75) is 12.3 Å². The Morgan fingerprint density at radius 1 is 1.30 bits per heavy atom. The Morgan fingerprint density at radius 2 is 2.10 bits per heavy atom. The zero-order valence-corrected chi connectivity index (χ0v) is 12.1. The van der Waals surface area contributed by atoms with Gasteiger partial charge in [-0.15, -0.1) is 0 Å². The van der Waals surface area contributed by atoms with Gasteiger partial charge >= 0.3 is 0 Å². The SMILES string of the molecule is COCCNCC(Cc1ncnn1C)c1ccccc1. The molecule has 1 unspecified atom stereocenters. The molecule has 0 bridgehead atoms. The van der Waals surface area contributed by atoms with Crippen molar-refractivity contribution in [3.8, 4) is 0 Å².